The van der Waals surface area contributed by atoms with E-state index in [1.54, 1.807) is 19.2 Å². The third kappa shape index (κ3) is 2.80. The number of esters is 1. The Kier molecular flexibility index (Phi) is 4.60. The van der Waals surface area contributed by atoms with Crippen LogP contribution in [0.1, 0.15) is 41.0 Å². The van der Waals surface area contributed by atoms with E-state index < -0.39 is 18.0 Å². The molecule has 6 atom stereocenters. The summed E-state index contributed by atoms with van der Waals surface area (Å²) in [5.41, 5.74) is -0.0282. The van der Waals surface area contributed by atoms with Gasteiger partial charge in [0, 0.05) is 13.0 Å². The molecule has 6 nitrogen and oxygen atoms in total. The molecule has 0 aromatic heterocycles. The first kappa shape index (κ1) is 16.9. The fourth-order valence-corrected chi connectivity index (χ4v) is 3.97. The number of rotatable bonds is 4. The van der Waals surface area contributed by atoms with Crippen molar-refractivity contribution in [3.63, 3.8) is 0 Å². The fraction of sp³-hybridized carbons (Fsp3) is 0.556. The van der Waals surface area contributed by atoms with Crippen LogP contribution in [0.4, 0.5) is 0 Å². The fourth-order valence-electron chi connectivity index (χ4n) is 3.97. The normalized spacial score (nSPS) is 34.8. The quantitative estimate of drug-likeness (QED) is 0.851. The van der Waals surface area contributed by atoms with Crippen molar-refractivity contribution in [2.45, 2.75) is 44.7 Å². The highest BCUT2D eigenvalue weighted by Gasteiger charge is 2.52. The van der Waals surface area contributed by atoms with Crippen LogP contribution in [0.2, 0.25) is 0 Å². The number of methoxy groups -OCH3 is 1. The van der Waals surface area contributed by atoms with Crippen LogP contribution in [0.15, 0.2) is 24.3 Å². The second-order valence-corrected chi connectivity index (χ2v) is 6.63. The Morgan fingerprint density at radius 1 is 1.17 bits per heavy atom. The minimum atomic E-state index is -1.16. The average Bonchev–Trinajstić information content (AvgIpc) is 2.91. The van der Waals surface area contributed by atoms with Crippen LogP contribution in [0, 0.1) is 11.8 Å². The summed E-state index contributed by atoms with van der Waals surface area (Å²) < 4.78 is 17.3. The van der Waals surface area contributed by atoms with E-state index in [2.05, 4.69) is 6.92 Å². The van der Waals surface area contributed by atoms with Crippen molar-refractivity contribution in [3.8, 4) is 0 Å². The van der Waals surface area contributed by atoms with Gasteiger partial charge in [0.2, 0.25) is 0 Å². The van der Waals surface area contributed by atoms with Crippen LogP contribution >= 0.6 is 0 Å². The first-order valence-corrected chi connectivity index (χ1v) is 8.15. The molecule has 2 bridgehead atoms. The molecule has 6 heteroatoms. The summed E-state index contributed by atoms with van der Waals surface area (Å²) in [6.07, 6.45) is -0.124. The van der Waals surface area contributed by atoms with Gasteiger partial charge in [0.25, 0.3) is 0 Å². The lowest BCUT2D eigenvalue weighted by Gasteiger charge is -2.40. The number of carboxylic acid groups (broad SMARTS) is 1. The van der Waals surface area contributed by atoms with Crippen molar-refractivity contribution in [1.29, 1.82) is 0 Å². The second-order valence-electron chi connectivity index (χ2n) is 6.63. The van der Waals surface area contributed by atoms with Crippen molar-refractivity contribution in [1.82, 2.24) is 0 Å². The molecule has 24 heavy (non-hydrogen) atoms. The minimum absolute atomic E-state index is 0.0423. The van der Waals surface area contributed by atoms with Crippen LogP contribution in [-0.2, 0) is 14.2 Å². The molecule has 2 aliphatic heterocycles. The summed E-state index contributed by atoms with van der Waals surface area (Å²) in [5, 5.41) is 9.24. The van der Waals surface area contributed by atoms with Gasteiger partial charge in [0.05, 0.1) is 23.3 Å². The molecule has 4 unspecified atom stereocenters. The Morgan fingerprint density at radius 2 is 1.83 bits per heavy atom. The van der Waals surface area contributed by atoms with Crippen LogP contribution in [0.3, 0.4) is 0 Å². The van der Waals surface area contributed by atoms with Crippen LogP contribution in [-0.4, -0.2) is 48.6 Å². The highest BCUT2D eigenvalue weighted by molar-refractivity contribution is 6.02. The van der Waals surface area contributed by atoms with Gasteiger partial charge in [-0.25, -0.2) is 9.59 Å². The average molecular weight is 334 g/mol. The molecular weight excluding hydrogens is 312 g/mol. The molecule has 1 aromatic carbocycles. The molecule has 2 fully saturated rings. The zero-order valence-corrected chi connectivity index (χ0v) is 14.0. The Morgan fingerprint density at radius 3 is 2.46 bits per heavy atom. The lowest BCUT2D eigenvalue weighted by atomic mass is 9.89. The number of carbonyl (C=O) groups is 2. The van der Waals surface area contributed by atoms with Gasteiger partial charge in [-0.3, -0.25) is 0 Å². The number of hydrogen-bond acceptors (Lipinski definition) is 5. The Hall–Kier alpha value is -1.92. The van der Waals surface area contributed by atoms with E-state index in [4.69, 9.17) is 14.2 Å². The van der Waals surface area contributed by atoms with Gasteiger partial charge in [-0.15, -0.1) is 0 Å². The summed E-state index contributed by atoms with van der Waals surface area (Å²) in [4.78, 5) is 23.9. The van der Waals surface area contributed by atoms with Crippen molar-refractivity contribution >= 4 is 11.9 Å². The zero-order chi connectivity index (χ0) is 17.4. The monoisotopic (exact) mass is 334 g/mol. The summed E-state index contributed by atoms with van der Waals surface area (Å²) >= 11 is 0. The third-order valence-electron chi connectivity index (χ3n) is 5.12. The van der Waals surface area contributed by atoms with Crippen LogP contribution in [0.5, 0.6) is 0 Å². The first-order chi connectivity index (χ1) is 11.4. The number of aromatic carboxylic acids is 1. The number of carbonyl (C=O) groups excluding carboxylic acids is 1. The minimum Gasteiger partial charge on any atom is -0.478 e. The largest absolute Gasteiger partial charge is 0.478 e. The van der Waals surface area contributed by atoms with Gasteiger partial charge < -0.3 is 19.3 Å². The lowest BCUT2D eigenvalue weighted by molar-refractivity contribution is -0.179. The van der Waals surface area contributed by atoms with E-state index in [1.807, 2.05) is 6.92 Å². The number of fused-ring (bicyclic) bond motifs is 2. The van der Waals surface area contributed by atoms with Crippen molar-refractivity contribution in [2.24, 2.45) is 11.8 Å². The maximum absolute atomic E-state index is 12.6. The van der Waals surface area contributed by atoms with Gasteiger partial charge in [-0.1, -0.05) is 26.0 Å². The Labute approximate surface area is 140 Å². The Bertz CT molecular complexity index is 642. The van der Waals surface area contributed by atoms with Crippen molar-refractivity contribution in [3.05, 3.63) is 35.4 Å². The van der Waals surface area contributed by atoms with E-state index in [9.17, 15) is 14.7 Å². The number of benzene rings is 1. The molecule has 2 aliphatic rings. The predicted molar refractivity (Wildman–Crippen MR) is 85.0 cm³/mol. The Balaban J connectivity index is 1.84. The van der Waals surface area contributed by atoms with Crippen molar-refractivity contribution in [2.75, 3.05) is 7.11 Å². The van der Waals surface area contributed by atoms with Gasteiger partial charge in [0.15, 0.2) is 6.10 Å². The molecule has 2 heterocycles. The second kappa shape index (κ2) is 6.53. The predicted octanol–water partition coefficient (Wildman–Crippen LogP) is 2.37. The SMILES string of the molecule is CO[C@@H]1C(C)C2OC(CC2C)[C@@H]1OC(=O)c1ccccc1C(=O)O. The van der Waals surface area contributed by atoms with E-state index in [-0.39, 0.29) is 35.4 Å². The smallest absolute Gasteiger partial charge is 0.339 e. The molecule has 130 valence electrons. The number of ether oxygens (including phenoxy) is 3. The molecule has 0 aliphatic carbocycles. The number of carboxylic acids is 1. The molecular formula is C18H22O6. The zero-order valence-electron chi connectivity index (χ0n) is 14.0. The molecule has 3 rings (SSSR count). The number of hydrogen-bond donors (Lipinski definition) is 1. The van der Waals surface area contributed by atoms with E-state index in [0.717, 1.165) is 6.42 Å². The van der Waals surface area contributed by atoms with Crippen LogP contribution in [0.25, 0.3) is 0 Å². The van der Waals surface area contributed by atoms with Gasteiger partial charge in [0.1, 0.15) is 6.10 Å². The lowest BCUT2D eigenvalue weighted by Crippen LogP contribution is -2.52. The molecule has 1 aromatic rings. The van der Waals surface area contributed by atoms with E-state index >= 15 is 0 Å². The summed E-state index contributed by atoms with van der Waals surface area (Å²) in [6, 6.07) is 6.04. The summed E-state index contributed by atoms with van der Waals surface area (Å²) in [5.74, 6) is -1.35. The van der Waals surface area contributed by atoms with Crippen molar-refractivity contribution < 1.29 is 28.9 Å². The first-order valence-electron chi connectivity index (χ1n) is 8.15. The van der Waals surface area contributed by atoms with Gasteiger partial charge in [-0.2, -0.15) is 0 Å². The molecule has 0 saturated carbocycles. The molecule has 2 saturated heterocycles. The van der Waals surface area contributed by atoms with Crippen LogP contribution < -0.4 is 0 Å². The summed E-state index contributed by atoms with van der Waals surface area (Å²) in [6.45, 7) is 4.15. The third-order valence-corrected chi connectivity index (χ3v) is 5.12. The van der Waals surface area contributed by atoms with E-state index in [0.29, 0.717) is 5.92 Å². The molecule has 1 N–H and O–H groups in total. The topological polar surface area (TPSA) is 82.1 Å². The molecule has 0 spiro atoms. The standard InChI is InChI=1S/C18H22O6/c1-9-8-13-16(15(22-3)10(2)14(9)23-13)24-18(21)12-7-5-4-6-11(12)17(19)20/h4-7,9-10,13-16H,8H2,1-3H3,(H,19,20)/t9?,10?,13?,14?,15-,16+/m1/s1. The van der Waals surface area contributed by atoms with Gasteiger partial charge >= 0.3 is 11.9 Å². The van der Waals surface area contributed by atoms with Gasteiger partial charge in [-0.05, 0) is 24.5 Å². The molecule has 0 radical (unpaired) electrons. The van der Waals surface area contributed by atoms with E-state index in [1.165, 1.54) is 12.1 Å². The maximum Gasteiger partial charge on any atom is 0.339 e. The highest BCUT2D eigenvalue weighted by atomic mass is 16.6. The maximum atomic E-state index is 12.6. The summed E-state index contributed by atoms with van der Waals surface area (Å²) in [7, 11) is 1.60. The highest BCUT2D eigenvalue weighted by Crippen LogP contribution is 2.42. The molecule has 0 amide bonds.